The third kappa shape index (κ3) is 3.51. The van der Waals surface area contributed by atoms with E-state index in [-0.39, 0.29) is 12.5 Å². The number of hydrogen-bond acceptors (Lipinski definition) is 5. The number of amides is 1. The van der Waals surface area contributed by atoms with Gasteiger partial charge in [0, 0.05) is 19.2 Å². The molecule has 0 atom stereocenters. The average molecular weight is 266 g/mol. The Morgan fingerprint density at radius 1 is 1.42 bits per heavy atom. The van der Waals surface area contributed by atoms with Crippen molar-refractivity contribution in [2.75, 3.05) is 45.8 Å². The molecule has 2 rings (SSSR count). The van der Waals surface area contributed by atoms with Gasteiger partial charge in [-0.05, 0) is 12.1 Å². The highest BCUT2D eigenvalue weighted by Gasteiger charge is 2.17. The summed E-state index contributed by atoms with van der Waals surface area (Å²) in [6, 6.07) is 5.10. The molecule has 0 aliphatic carbocycles. The minimum atomic E-state index is -0.0569. The molecule has 0 aromatic heterocycles. The molecule has 0 unspecified atom stereocenters. The normalized spacial score (nSPS) is 15.1. The van der Waals surface area contributed by atoms with E-state index >= 15 is 0 Å². The molecule has 1 fully saturated rings. The maximum atomic E-state index is 11.9. The summed E-state index contributed by atoms with van der Waals surface area (Å²) < 4.78 is 15.7. The van der Waals surface area contributed by atoms with Crippen molar-refractivity contribution < 1.29 is 19.0 Å². The van der Waals surface area contributed by atoms with E-state index in [2.05, 4.69) is 0 Å². The zero-order chi connectivity index (χ0) is 13.7. The van der Waals surface area contributed by atoms with Crippen LogP contribution in [0, 0.1) is 0 Å². The molecule has 1 aliphatic rings. The quantitative estimate of drug-likeness (QED) is 0.804. The fourth-order valence-electron chi connectivity index (χ4n) is 1.83. The molecule has 19 heavy (non-hydrogen) atoms. The number of nitrogens with zero attached hydrogens (tertiary/aromatic N) is 1. The van der Waals surface area contributed by atoms with Gasteiger partial charge < -0.3 is 24.8 Å². The lowest BCUT2D eigenvalue weighted by molar-refractivity contribution is -0.137. The smallest absolute Gasteiger partial charge is 0.260 e. The topological polar surface area (TPSA) is 74.0 Å². The highest BCUT2D eigenvalue weighted by Crippen LogP contribution is 2.26. The van der Waals surface area contributed by atoms with E-state index < -0.39 is 0 Å². The van der Waals surface area contributed by atoms with Crippen LogP contribution in [-0.2, 0) is 9.53 Å². The molecule has 1 heterocycles. The predicted molar refractivity (Wildman–Crippen MR) is 70.3 cm³/mol. The summed E-state index contributed by atoms with van der Waals surface area (Å²) >= 11 is 0. The van der Waals surface area contributed by atoms with Gasteiger partial charge in [0.25, 0.3) is 5.91 Å². The van der Waals surface area contributed by atoms with E-state index in [4.69, 9.17) is 19.9 Å². The molecule has 0 saturated carbocycles. The zero-order valence-electron chi connectivity index (χ0n) is 10.9. The molecule has 0 spiro atoms. The van der Waals surface area contributed by atoms with Crippen LogP contribution in [0.2, 0.25) is 0 Å². The van der Waals surface area contributed by atoms with E-state index in [1.54, 1.807) is 30.2 Å². The van der Waals surface area contributed by atoms with Crippen molar-refractivity contribution in [1.29, 1.82) is 0 Å². The lowest BCUT2D eigenvalue weighted by atomic mass is 10.3. The van der Waals surface area contributed by atoms with Gasteiger partial charge in [0.05, 0.1) is 26.0 Å². The lowest BCUT2D eigenvalue weighted by Gasteiger charge is -2.26. The van der Waals surface area contributed by atoms with Gasteiger partial charge in [-0.3, -0.25) is 4.79 Å². The highest BCUT2D eigenvalue weighted by molar-refractivity contribution is 5.78. The molecular formula is C13H18N2O4. The van der Waals surface area contributed by atoms with E-state index in [9.17, 15) is 4.79 Å². The second-order valence-corrected chi connectivity index (χ2v) is 4.19. The SMILES string of the molecule is COc1ccc(OCC(=O)N2CCOCC2)c(N)c1. The fourth-order valence-corrected chi connectivity index (χ4v) is 1.83. The van der Waals surface area contributed by atoms with Gasteiger partial charge >= 0.3 is 0 Å². The Hall–Kier alpha value is -1.95. The Morgan fingerprint density at radius 3 is 2.79 bits per heavy atom. The number of nitrogen functional groups attached to an aromatic ring is 1. The standard InChI is InChI=1S/C13H18N2O4/c1-17-10-2-3-12(11(14)8-10)19-9-13(16)15-4-6-18-7-5-15/h2-3,8H,4-7,9,14H2,1H3. The summed E-state index contributed by atoms with van der Waals surface area (Å²) in [5, 5.41) is 0. The summed E-state index contributed by atoms with van der Waals surface area (Å²) in [6.45, 7) is 2.37. The van der Waals surface area contributed by atoms with Crippen LogP contribution in [0.4, 0.5) is 5.69 Å². The fraction of sp³-hybridized carbons (Fsp3) is 0.462. The molecule has 1 saturated heterocycles. The highest BCUT2D eigenvalue weighted by atomic mass is 16.5. The number of anilines is 1. The summed E-state index contributed by atoms with van der Waals surface area (Å²) in [4.78, 5) is 13.6. The molecule has 2 N–H and O–H groups in total. The Kier molecular flexibility index (Phi) is 4.46. The molecule has 1 aromatic rings. The van der Waals surface area contributed by atoms with Gasteiger partial charge in [-0.25, -0.2) is 0 Å². The number of carbonyl (C=O) groups is 1. The van der Waals surface area contributed by atoms with E-state index in [1.807, 2.05) is 0 Å². The second kappa shape index (κ2) is 6.29. The molecular weight excluding hydrogens is 248 g/mol. The van der Waals surface area contributed by atoms with E-state index in [1.165, 1.54) is 0 Å². The van der Waals surface area contributed by atoms with E-state index in [0.29, 0.717) is 43.5 Å². The van der Waals surface area contributed by atoms with Crippen molar-refractivity contribution in [1.82, 2.24) is 4.90 Å². The number of ether oxygens (including phenoxy) is 3. The number of hydrogen-bond donors (Lipinski definition) is 1. The third-order valence-corrected chi connectivity index (χ3v) is 2.93. The number of morpholine rings is 1. The first kappa shape index (κ1) is 13.5. The van der Waals surface area contributed by atoms with Crippen LogP contribution in [0.15, 0.2) is 18.2 Å². The van der Waals surface area contributed by atoms with Crippen molar-refractivity contribution in [2.45, 2.75) is 0 Å². The van der Waals surface area contributed by atoms with Gasteiger partial charge in [-0.15, -0.1) is 0 Å². The van der Waals surface area contributed by atoms with Crippen molar-refractivity contribution in [3.05, 3.63) is 18.2 Å². The first-order valence-corrected chi connectivity index (χ1v) is 6.12. The van der Waals surface area contributed by atoms with Crippen LogP contribution < -0.4 is 15.2 Å². The monoisotopic (exact) mass is 266 g/mol. The van der Waals surface area contributed by atoms with Gasteiger partial charge in [-0.1, -0.05) is 0 Å². The summed E-state index contributed by atoms with van der Waals surface area (Å²) in [7, 11) is 1.57. The van der Waals surface area contributed by atoms with Gasteiger partial charge in [0.15, 0.2) is 6.61 Å². The number of rotatable bonds is 4. The Morgan fingerprint density at radius 2 is 2.16 bits per heavy atom. The number of methoxy groups -OCH3 is 1. The lowest BCUT2D eigenvalue weighted by Crippen LogP contribution is -2.43. The number of nitrogens with two attached hydrogens (primary N) is 1. The van der Waals surface area contributed by atoms with Gasteiger partial charge in [0.1, 0.15) is 11.5 Å². The molecule has 1 aromatic carbocycles. The predicted octanol–water partition coefficient (Wildman–Crippen LogP) is 0.515. The van der Waals surface area contributed by atoms with Crippen molar-refractivity contribution >= 4 is 11.6 Å². The average Bonchev–Trinajstić information content (AvgIpc) is 2.46. The second-order valence-electron chi connectivity index (χ2n) is 4.19. The molecule has 6 nitrogen and oxygen atoms in total. The molecule has 6 heteroatoms. The van der Waals surface area contributed by atoms with E-state index in [0.717, 1.165) is 0 Å². The van der Waals surface area contributed by atoms with Crippen LogP contribution in [-0.4, -0.2) is 50.8 Å². The molecule has 104 valence electrons. The summed E-state index contributed by atoms with van der Waals surface area (Å²) in [6.07, 6.45) is 0. The first-order chi connectivity index (χ1) is 9.20. The van der Waals surface area contributed by atoms with Crippen LogP contribution in [0.3, 0.4) is 0 Å². The van der Waals surface area contributed by atoms with Gasteiger partial charge in [0.2, 0.25) is 0 Å². The molecule has 0 radical (unpaired) electrons. The third-order valence-electron chi connectivity index (χ3n) is 2.93. The van der Waals surface area contributed by atoms with Crippen molar-refractivity contribution in [2.24, 2.45) is 0 Å². The Labute approximate surface area is 112 Å². The minimum absolute atomic E-state index is 0.0173. The van der Waals surface area contributed by atoms with Crippen LogP contribution in [0.25, 0.3) is 0 Å². The summed E-state index contributed by atoms with van der Waals surface area (Å²) in [5.41, 5.74) is 6.26. The number of benzene rings is 1. The van der Waals surface area contributed by atoms with Crippen LogP contribution >= 0.6 is 0 Å². The molecule has 0 bridgehead atoms. The molecule has 1 aliphatic heterocycles. The van der Waals surface area contributed by atoms with Crippen LogP contribution in [0.5, 0.6) is 11.5 Å². The Balaban J connectivity index is 1.89. The number of carbonyl (C=O) groups excluding carboxylic acids is 1. The van der Waals surface area contributed by atoms with Crippen molar-refractivity contribution in [3.63, 3.8) is 0 Å². The Bertz CT molecular complexity index is 444. The largest absolute Gasteiger partial charge is 0.497 e. The zero-order valence-corrected chi connectivity index (χ0v) is 10.9. The maximum Gasteiger partial charge on any atom is 0.260 e. The van der Waals surface area contributed by atoms with Crippen LogP contribution in [0.1, 0.15) is 0 Å². The van der Waals surface area contributed by atoms with Crippen molar-refractivity contribution in [3.8, 4) is 11.5 Å². The van der Waals surface area contributed by atoms with Gasteiger partial charge in [-0.2, -0.15) is 0 Å². The summed E-state index contributed by atoms with van der Waals surface area (Å²) in [5.74, 6) is 1.09. The maximum absolute atomic E-state index is 11.9. The first-order valence-electron chi connectivity index (χ1n) is 6.12. The molecule has 1 amide bonds. The minimum Gasteiger partial charge on any atom is -0.497 e.